The van der Waals surface area contributed by atoms with Crippen LogP contribution in [0.1, 0.15) is 12.8 Å². The van der Waals surface area contributed by atoms with Crippen LogP contribution < -0.4 is 10.2 Å². The van der Waals surface area contributed by atoms with E-state index in [4.69, 9.17) is 5.11 Å². The Kier molecular flexibility index (Phi) is 3.84. The zero-order chi connectivity index (χ0) is 13.8. The van der Waals surface area contributed by atoms with Crippen LogP contribution in [-0.4, -0.2) is 35.3 Å². The maximum Gasteiger partial charge on any atom is 0.404 e. The van der Waals surface area contributed by atoms with Crippen molar-refractivity contribution in [1.29, 1.82) is 0 Å². The average molecular weight is 265 g/mol. The Bertz CT molecular complexity index is 492. The van der Waals surface area contributed by atoms with Gasteiger partial charge in [-0.25, -0.2) is 4.79 Å². The standard InChI is InChI=1S/C12H15N3O4/c16-12(17)13-9-4-3-7-14(8-9)10-5-1-2-6-11(10)15(18)19/h1-2,5-6,9,13H,3-4,7-8H2,(H,16,17). The van der Waals surface area contributed by atoms with E-state index in [-0.39, 0.29) is 11.7 Å². The number of amides is 1. The van der Waals surface area contributed by atoms with Gasteiger partial charge in [-0.3, -0.25) is 10.1 Å². The van der Waals surface area contributed by atoms with Crippen molar-refractivity contribution in [3.05, 3.63) is 34.4 Å². The van der Waals surface area contributed by atoms with Crippen molar-refractivity contribution in [3.63, 3.8) is 0 Å². The molecular formula is C12H15N3O4. The van der Waals surface area contributed by atoms with Gasteiger partial charge in [0.15, 0.2) is 0 Å². The maximum atomic E-state index is 11.0. The fourth-order valence-electron chi connectivity index (χ4n) is 2.37. The van der Waals surface area contributed by atoms with Crippen LogP contribution in [0.3, 0.4) is 0 Å². The minimum absolute atomic E-state index is 0.0541. The zero-order valence-electron chi connectivity index (χ0n) is 10.3. The monoisotopic (exact) mass is 265 g/mol. The van der Waals surface area contributed by atoms with E-state index in [0.717, 1.165) is 12.8 Å². The van der Waals surface area contributed by atoms with E-state index in [1.165, 1.54) is 6.07 Å². The Hall–Kier alpha value is -2.31. The largest absolute Gasteiger partial charge is 0.465 e. The first-order valence-corrected chi connectivity index (χ1v) is 6.06. The molecule has 0 saturated carbocycles. The number of hydrogen-bond acceptors (Lipinski definition) is 4. The molecule has 1 saturated heterocycles. The van der Waals surface area contributed by atoms with Crippen LogP contribution in [0.25, 0.3) is 0 Å². The van der Waals surface area contributed by atoms with E-state index in [2.05, 4.69) is 5.32 Å². The molecule has 0 aliphatic carbocycles. The Balaban J connectivity index is 2.17. The molecule has 1 aliphatic rings. The quantitative estimate of drug-likeness (QED) is 0.642. The molecule has 1 aliphatic heterocycles. The summed E-state index contributed by atoms with van der Waals surface area (Å²) in [6, 6.07) is 6.34. The van der Waals surface area contributed by atoms with Gasteiger partial charge in [-0.1, -0.05) is 12.1 Å². The lowest BCUT2D eigenvalue weighted by Gasteiger charge is -2.33. The van der Waals surface area contributed by atoms with Gasteiger partial charge in [0, 0.05) is 25.2 Å². The molecule has 0 spiro atoms. The summed E-state index contributed by atoms with van der Waals surface area (Å²) in [5.41, 5.74) is 0.600. The van der Waals surface area contributed by atoms with Gasteiger partial charge in [-0.05, 0) is 18.9 Å². The fraction of sp³-hybridized carbons (Fsp3) is 0.417. The van der Waals surface area contributed by atoms with E-state index < -0.39 is 11.0 Å². The summed E-state index contributed by atoms with van der Waals surface area (Å²) in [5.74, 6) is 0. The van der Waals surface area contributed by atoms with Gasteiger partial charge in [-0.2, -0.15) is 0 Å². The van der Waals surface area contributed by atoms with E-state index in [1.54, 1.807) is 18.2 Å². The predicted molar refractivity (Wildman–Crippen MR) is 69.5 cm³/mol. The van der Waals surface area contributed by atoms with Crippen LogP contribution in [0.4, 0.5) is 16.2 Å². The Labute approximate surface area is 110 Å². The predicted octanol–water partition coefficient (Wildman–Crippen LogP) is 1.83. The molecule has 1 heterocycles. The molecule has 7 heteroatoms. The molecule has 2 N–H and O–H groups in total. The van der Waals surface area contributed by atoms with E-state index in [9.17, 15) is 14.9 Å². The van der Waals surface area contributed by atoms with Crippen LogP contribution in [0.15, 0.2) is 24.3 Å². The van der Waals surface area contributed by atoms with Gasteiger partial charge in [0.25, 0.3) is 5.69 Å². The molecule has 1 atom stereocenters. The number of hydrogen-bond donors (Lipinski definition) is 2. The van der Waals surface area contributed by atoms with E-state index in [0.29, 0.717) is 18.8 Å². The Morgan fingerprint density at radius 1 is 1.47 bits per heavy atom. The first-order valence-electron chi connectivity index (χ1n) is 6.06. The van der Waals surface area contributed by atoms with Gasteiger partial charge in [-0.15, -0.1) is 0 Å². The molecule has 19 heavy (non-hydrogen) atoms. The number of piperidine rings is 1. The number of carbonyl (C=O) groups is 1. The smallest absolute Gasteiger partial charge is 0.404 e. The van der Waals surface area contributed by atoms with Crippen molar-refractivity contribution in [2.45, 2.75) is 18.9 Å². The van der Waals surface area contributed by atoms with Crippen molar-refractivity contribution in [1.82, 2.24) is 5.32 Å². The molecule has 1 amide bonds. The Morgan fingerprint density at radius 2 is 2.21 bits per heavy atom. The molecule has 0 radical (unpaired) electrons. The molecule has 0 aromatic heterocycles. The first-order chi connectivity index (χ1) is 9.08. The van der Waals surface area contributed by atoms with Gasteiger partial charge < -0.3 is 15.3 Å². The van der Waals surface area contributed by atoms with Crippen LogP contribution in [-0.2, 0) is 0 Å². The second-order valence-electron chi connectivity index (χ2n) is 4.48. The molecule has 7 nitrogen and oxygen atoms in total. The second-order valence-corrected chi connectivity index (χ2v) is 4.48. The lowest BCUT2D eigenvalue weighted by Crippen LogP contribution is -2.47. The van der Waals surface area contributed by atoms with Crippen molar-refractivity contribution < 1.29 is 14.8 Å². The minimum Gasteiger partial charge on any atom is -0.465 e. The number of nitro benzene ring substituents is 1. The minimum atomic E-state index is -1.06. The van der Waals surface area contributed by atoms with Crippen LogP contribution in [0.5, 0.6) is 0 Å². The summed E-state index contributed by atoms with van der Waals surface area (Å²) >= 11 is 0. The van der Waals surface area contributed by atoms with Gasteiger partial charge in [0.05, 0.1) is 4.92 Å². The number of nitrogens with one attached hydrogen (secondary N) is 1. The summed E-state index contributed by atoms with van der Waals surface area (Å²) in [5, 5.41) is 22.2. The highest BCUT2D eigenvalue weighted by Gasteiger charge is 2.25. The molecule has 1 aromatic carbocycles. The highest BCUT2D eigenvalue weighted by Crippen LogP contribution is 2.29. The first kappa shape index (κ1) is 13.1. The van der Waals surface area contributed by atoms with Crippen molar-refractivity contribution in [2.75, 3.05) is 18.0 Å². The van der Waals surface area contributed by atoms with Gasteiger partial charge in [0.2, 0.25) is 0 Å². The van der Waals surface area contributed by atoms with E-state index in [1.807, 2.05) is 4.90 Å². The number of carboxylic acid groups (broad SMARTS) is 1. The van der Waals surface area contributed by atoms with Crippen LogP contribution >= 0.6 is 0 Å². The highest BCUT2D eigenvalue weighted by atomic mass is 16.6. The molecular weight excluding hydrogens is 250 g/mol. The SMILES string of the molecule is O=C(O)NC1CCCN(c2ccccc2[N+](=O)[O-])C1. The summed E-state index contributed by atoms with van der Waals surface area (Å²) < 4.78 is 0. The molecule has 102 valence electrons. The second kappa shape index (κ2) is 5.55. The van der Waals surface area contributed by atoms with Gasteiger partial charge >= 0.3 is 6.09 Å². The molecule has 1 unspecified atom stereocenters. The number of para-hydroxylation sites is 2. The number of nitro groups is 1. The summed E-state index contributed by atoms with van der Waals surface area (Å²) in [7, 11) is 0. The summed E-state index contributed by atoms with van der Waals surface area (Å²) in [6.07, 6.45) is 0.495. The molecule has 1 fully saturated rings. The van der Waals surface area contributed by atoms with Crippen molar-refractivity contribution in [2.24, 2.45) is 0 Å². The van der Waals surface area contributed by atoms with Crippen molar-refractivity contribution in [3.8, 4) is 0 Å². The lowest BCUT2D eigenvalue weighted by atomic mass is 10.0. The number of nitrogens with zero attached hydrogens (tertiary/aromatic N) is 2. The zero-order valence-corrected chi connectivity index (χ0v) is 10.3. The number of benzene rings is 1. The van der Waals surface area contributed by atoms with Crippen molar-refractivity contribution >= 4 is 17.5 Å². The average Bonchev–Trinajstić information content (AvgIpc) is 2.38. The highest BCUT2D eigenvalue weighted by molar-refractivity contribution is 5.66. The molecule has 1 aromatic rings. The van der Waals surface area contributed by atoms with Crippen LogP contribution in [0.2, 0.25) is 0 Å². The number of rotatable bonds is 3. The summed E-state index contributed by atoms with van der Waals surface area (Å²) in [4.78, 5) is 23.1. The third-order valence-corrected chi connectivity index (χ3v) is 3.17. The Morgan fingerprint density at radius 3 is 2.89 bits per heavy atom. The third kappa shape index (κ3) is 3.12. The normalized spacial score (nSPS) is 18.9. The molecule has 0 bridgehead atoms. The van der Waals surface area contributed by atoms with Gasteiger partial charge in [0.1, 0.15) is 5.69 Å². The molecule has 2 rings (SSSR count). The summed E-state index contributed by atoms with van der Waals surface area (Å²) in [6.45, 7) is 1.15. The number of anilines is 1. The van der Waals surface area contributed by atoms with E-state index >= 15 is 0 Å². The van der Waals surface area contributed by atoms with Crippen LogP contribution in [0, 0.1) is 10.1 Å². The topological polar surface area (TPSA) is 95.7 Å². The lowest BCUT2D eigenvalue weighted by molar-refractivity contribution is -0.384. The third-order valence-electron chi connectivity index (χ3n) is 3.17. The fourth-order valence-corrected chi connectivity index (χ4v) is 2.37. The maximum absolute atomic E-state index is 11.0.